The Morgan fingerprint density at radius 1 is 1.11 bits per heavy atom. The molecule has 0 unspecified atom stereocenters. The molecule has 6 nitrogen and oxygen atoms in total. The number of carboxylic acid groups (broad SMARTS) is 2. The molecule has 0 aliphatic carbocycles. The largest absolute Gasteiger partial charge is 0.544 e. The Morgan fingerprint density at radius 3 is 1.33 bits per heavy atom. The second-order valence-electron chi connectivity index (χ2n) is 1.25. The third-order valence-corrected chi connectivity index (χ3v) is 0.569. The van der Waals surface area contributed by atoms with E-state index in [0.717, 1.165) is 0 Å². The molecule has 0 atom stereocenters. The zero-order chi connectivity index (χ0) is 7.65. The number of hydrogen-bond acceptors (Lipinski definition) is 6. The summed E-state index contributed by atoms with van der Waals surface area (Å²) in [6.07, 6.45) is 0. The smallest absolute Gasteiger partial charge is 0.246 e. The van der Waals surface area contributed by atoms with Gasteiger partial charge in [-0.05, 0) is 0 Å². The summed E-state index contributed by atoms with van der Waals surface area (Å²) in [6.45, 7) is 0. The van der Waals surface area contributed by atoms with Gasteiger partial charge in [-0.25, -0.2) is 0 Å². The second kappa shape index (κ2) is 2.00. The number of carbonyl (C=O) groups is 2. The monoisotopic (exact) mass is 134 g/mol. The number of hydrogen-bond donors (Lipinski definition) is 2. The Hall–Kier alpha value is -1.14. The van der Waals surface area contributed by atoms with E-state index < -0.39 is 17.7 Å². The Balaban J connectivity index is 4.38. The molecule has 0 rings (SSSR count). The van der Waals surface area contributed by atoms with Gasteiger partial charge in [-0.15, -0.1) is 0 Å². The van der Waals surface area contributed by atoms with E-state index in [-0.39, 0.29) is 0 Å². The van der Waals surface area contributed by atoms with Gasteiger partial charge >= 0.3 is 0 Å². The van der Waals surface area contributed by atoms with Crippen LogP contribution in [0.2, 0.25) is 0 Å². The Kier molecular flexibility index (Phi) is 1.74. The van der Waals surface area contributed by atoms with Crippen LogP contribution in [0.5, 0.6) is 0 Å². The van der Waals surface area contributed by atoms with Gasteiger partial charge < -0.3 is 30.0 Å². The van der Waals surface area contributed by atoms with Gasteiger partial charge in [-0.1, -0.05) is 0 Å². The molecule has 0 aliphatic rings. The molecular weight excluding hydrogens is 132 g/mol. The number of carbonyl (C=O) groups excluding carboxylic acids is 2. The maximum Gasteiger partial charge on any atom is 0.246 e. The number of aliphatic hydroxyl groups is 2. The summed E-state index contributed by atoms with van der Waals surface area (Å²) in [6, 6.07) is 0. The topological polar surface area (TPSA) is 121 Å². The van der Waals surface area contributed by atoms with Gasteiger partial charge in [0.05, 0.1) is 0 Å². The van der Waals surface area contributed by atoms with Crippen molar-refractivity contribution >= 4 is 11.9 Å². The maximum absolute atomic E-state index is 9.43. The third-order valence-electron chi connectivity index (χ3n) is 0.569. The zero-order valence-electron chi connectivity index (χ0n) is 4.03. The first-order chi connectivity index (χ1) is 3.89. The van der Waals surface area contributed by atoms with E-state index in [0.29, 0.717) is 0 Å². The van der Waals surface area contributed by atoms with E-state index >= 15 is 0 Å². The fourth-order valence-electron chi connectivity index (χ4n) is 0.0833. The normalized spacial score (nSPS) is 10.9. The molecule has 0 aromatic carbocycles. The van der Waals surface area contributed by atoms with Crippen LogP contribution in [-0.2, 0) is 9.59 Å². The van der Waals surface area contributed by atoms with Crippen molar-refractivity contribution in [3.05, 3.63) is 0 Å². The summed E-state index contributed by atoms with van der Waals surface area (Å²) in [4.78, 5) is 18.9. The highest BCUT2D eigenvalue weighted by atomic mass is 16.6. The molecule has 0 aliphatic heterocycles. The SMILES string of the molecule is O=C([O-])C(O)(O)C(=O)[O-]. The summed E-state index contributed by atoms with van der Waals surface area (Å²) < 4.78 is 0. The van der Waals surface area contributed by atoms with Crippen molar-refractivity contribution in [2.75, 3.05) is 0 Å². The molecule has 0 saturated heterocycles. The van der Waals surface area contributed by atoms with E-state index in [1.807, 2.05) is 0 Å². The number of rotatable bonds is 2. The molecule has 9 heavy (non-hydrogen) atoms. The van der Waals surface area contributed by atoms with Crippen molar-refractivity contribution in [2.24, 2.45) is 0 Å². The molecule has 2 N–H and O–H groups in total. The van der Waals surface area contributed by atoms with Crippen LogP contribution in [0.15, 0.2) is 0 Å². The molecule has 0 heterocycles. The minimum absolute atomic E-state index is 2.53. The van der Waals surface area contributed by atoms with Gasteiger partial charge in [0.1, 0.15) is 11.9 Å². The predicted molar refractivity (Wildman–Crippen MR) is 17.2 cm³/mol. The van der Waals surface area contributed by atoms with Gasteiger partial charge in [0.2, 0.25) is 5.79 Å². The average Bonchev–Trinajstić information content (AvgIpc) is 1.65. The quantitative estimate of drug-likeness (QED) is 0.288. The van der Waals surface area contributed by atoms with E-state index in [4.69, 9.17) is 10.2 Å². The fourth-order valence-corrected chi connectivity index (χ4v) is 0.0833. The van der Waals surface area contributed by atoms with E-state index in [1.165, 1.54) is 0 Å². The van der Waals surface area contributed by atoms with Gasteiger partial charge in [0.15, 0.2) is 0 Å². The molecule has 0 aromatic rings. The lowest BCUT2D eigenvalue weighted by Gasteiger charge is -2.22. The second-order valence-corrected chi connectivity index (χ2v) is 1.25. The molecule has 0 radical (unpaired) electrons. The minimum atomic E-state index is -3.89. The summed E-state index contributed by atoms with van der Waals surface area (Å²) >= 11 is 0. The molecule has 0 saturated carbocycles. The molecule has 0 spiro atoms. The summed E-state index contributed by atoms with van der Waals surface area (Å²) in [5.74, 6) is -8.94. The van der Waals surface area contributed by atoms with Gasteiger partial charge in [-0.3, -0.25) is 0 Å². The molecule has 0 amide bonds. The number of carboxylic acids is 2. The van der Waals surface area contributed by atoms with Crippen LogP contribution in [0.1, 0.15) is 0 Å². The van der Waals surface area contributed by atoms with Crippen LogP contribution in [0.25, 0.3) is 0 Å². The summed E-state index contributed by atoms with van der Waals surface area (Å²) in [7, 11) is 0. The van der Waals surface area contributed by atoms with Crippen molar-refractivity contribution in [1.29, 1.82) is 0 Å². The Labute approximate surface area is 49.0 Å². The van der Waals surface area contributed by atoms with E-state index in [9.17, 15) is 19.8 Å². The first-order valence-electron chi connectivity index (χ1n) is 1.76. The third kappa shape index (κ3) is 1.37. The highest BCUT2D eigenvalue weighted by Gasteiger charge is 2.26. The molecule has 0 fully saturated rings. The molecular formula is C3H2O6-2. The fraction of sp³-hybridized carbons (Fsp3) is 0.333. The summed E-state index contributed by atoms with van der Waals surface area (Å²) in [5.41, 5.74) is 0. The van der Waals surface area contributed by atoms with Crippen molar-refractivity contribution in [1.82, 2.24) is 0 Å². The maximum atomic E-state index is 9.43. The zero-order valence-corrected chi connectivity index (χ0v) is 4.03. The van der Waals surface area contributed by atoms with Gasteiger partial charge in [-0.2, -0.15) is 0 Å². The first kappa shape index (κ1) is 7.86. The highest BCUT2D eigenvalue weighted by Crippen LogP contribution is 1.92. The van der Waals surface area contributed by atoms with Crippen molar-refractivity contribution in [2.45, 2.75) is 5.79 Å². The van der Waals surface area contributed by atoms with Crippen LogP contribution in [0.3, 0.4) is 0 Å². The van der Waals surface area contributed by atoms with Crippen molar-refractivity contribution in [3.8, 4) is 0 Å². The lowest BCUT2D eigenvalue weighted by molar-refractivity contribution is -0.374. The van der Waals surface area contributed by atoms with Crippen LogP contribution in [0.4, 0.5) is 0 Å². The van der Waals surface area contributed by atoms with E-state index in [1.54, 1.807) is 0 Å². The molecule has 52 valence electrons. The highest BCUT2D eigenvalue weighted by molar-refractivity contribution is 5.96. The minimum Gasteiger partial charge on any atom is -0.544 e. The molecule has 0 aromatic heterocycles. The lowest BCUT2D eigenvalue weighted by atomic mass is 10.3. The number of aliphatic carboxylic acids is 2. The van der Waals surface area contributed by atoms with Gasteiger partial charge in [0, 0.05) is 0 Å². The lowest BCUT2D eigenvalue weighted by Crippen LogP contribution is -2.59. The first-order valence-corrected chi connectivity index (χ1v) is 1.76. The van der Waals surface area contributed by atoms with Gasteiger partial charge in [0.25, 0.3) is 0 Å². The van der Waals surface area contributed by atoms with Crippen molar-refractivity contribution in [3.63, 3.8) is 0 Å². The van der Waals surface area contributed by atoms with Crippen LogP contribution < -0.4 is 10.2 Å². The molecule has 6 heteroatoms. The predicted octanol–water partition coefficient (Wildman–Crippen LogP) is -4.83. The average molecular weight is 134 g/mol. The van der Waals surface area contributed by atoms with Crippen LogP contribution >= 0.6 is 0 Å². The Bertz CT molecular complexity index is 130. The summed E-state index contributed by atoms with van der Waals surface area (Å²) in [5, 5.41) is 34.7. The molecule has 0 bridgehead atoms. The van der Waals surface area contributed by atoms with Crippen molar-refractivity contribution < 1.29 is 30.0 Å². The Morgan fingerprint density at radius 2 is 1.33 bits per heavy atom. The standard InChI is InChI=1S/C3H4O6/c4-1(5)3(8,9)2(6)7/h8-9H,(H,4,5)(H,6,7)/p-2. The van der Waals surface area contributed by atoms with Crippen LogP contribution in [-0.4, -0.2) is 27.9 Å². The van der Waals surface area contributed by atoms with E-state index in [2.05, 4.69) is 0 Å². The van der Waals surface area contributed by atoms with Crippen LogP contribution in [0, 0.1) is 0 Å².